The first-order valence-corrected chi connectivity index (χ1v) is 12.5. The lowest BCUT2D eigenvalue weighted by Gasteiger charge is -2.17. The maximum absolute atomic E-state index is 9.83. The Morgan fingerprint density at radius 3 is 1.79 bits per heavy atom. The predicted octanol–water partition coefficient (Wildman–Crippen LogP) is 4.85. The van der Waals surface area contributed by atoms with Gasteiger partial charge in [0, 0.05) is 0 Å². The van der Waals surface area contributed by atoms with E-state index in [1.165, 1.54) is 25.7 Å². The highest BCUT2D eigenvalue weighted by molar-refractivity contribution is 8.65. The summed E-state index contributed by atoms with van der Waals surface area (Å²) in [6, 6.07) is 0. The molecule has 5 heteroatoms. The van der Waals surface area contributed by atoms with E-state index in [1.54, 1.807) is 0 Å². The van der Waals surface area contributed by atoms with Gasteiger partial charge in [0.05, 0.1) is 0 Å². The van der Waals surface area contributed by atoms with E-state index in [0.29, 0.717) is 5.92 Å². The Bertz CT molecular complexity index is 277. The predicted molar refractivity (Wildman–Crippen MR) is 94.8 cm³/mol. The van der Waals surface area contributed by atoms with E-state index in [-0.39, 0.29) is 10.1 Å². The van der Waals surface area contributed by atoms with Crippen LogP contribution in [0.3, 0.4) is 0 Å². The third-order valence-corrected chi connectivity index (χ3v) is 10.6. The van der Waals surface area contributed by atoms with Gasteiger partial charge in [-0.25, -0.2) is 0 Å². The molecule has 19 heavy (non-hydrogen) atoms. The Labute approximate surface area is 127 Å². The minimum absolute atomic E-state index is 0.286. The second-order valence-electron chi connectivity index (χ2n) is 6.16. The molecule has 0 saturated carbocycles. The molecule has 118 valence electrons. The summed E-state index contributed by atoms with van der Waals surface area (Å²) in [4.78, 5) is 19.7. The highest BCUT2D eigenvalue weighted by atomic mass is 32.9. The molecule has 0 heterocycles. The van der Waals surface area contributed by atoms with Crippen LogP contribution in [0.4, 0.5) is 0 Å². The average molecular weight is 329 g/mol. The Balaban J connectivity index is 4.04. The van der Waals surface area contributed by atoms with Crippen LogP contribution in [0.5, 0.6) is 0 Å². The lowest BCUT2D eigenvalue weighted by Crippen LogP contribution is -2.05. The minimum Gasteiger partial charge on any atom is -0.341 e. The number of thiol groups is 1. The molecule has 0 aromatic rings. The van der Waals surface area contributed by atoms with Gasteiger partial charge < -0.3 is 9.79 Å². The molecule has 0 amide bonds. The van der Waals surface area contributed by atoms with Gasteiger partial charge in [-0.15, -0.1) is 10.1 Å². The van der Waals surface area contributed by atoms with Crippen LogP contribution >= 0.6 is 17.9 Å². The van der Waals surface area contributed by atoms with Crippen molar-refractivity contribution < 1.29 is 9.79 Å². The van der Waals surface area contributed by atoms with Crippen LogP contribution in [0.1, 0.15) is 66.2 Å². The summed E-state index contributed by atoms with van der Waals surface area (Å²) < 4.78 is 0. The number of unbranched alkanes of at least 4 members (excludes halogenated alkanes) is 2. The molecule has 1 atom stereocenters. The van der Waals surface area contributed by atoms with Crippen molar-refractivity contribution in [3.8, 4) is 0 Å². The third-order valence-electron chi connectivity index (χ3n) is 3.17. The van der Waals surface area contributed by atoms with Crippen LogP contribution in [0.25, 0.3) is 0 Å². The van der Waals surface area contributed by atoms with Gasteiger partial charge in [-0.1, -0.05) is 65.6 Å². The van der Waals surface area contributed by atoms with E-state index < -0.39 is 5.69 Å². The van der Waals surface area contributed by atoms with Crippen molar-refractivity contribution in [1.82, 2.24) is 0 Å². The maximum atomic E-state index is 9.83. The topological polar surface area (TPSA) is 40.5 Å². The largest absolute Gasteiger partial charge is 0.341 e. The van der Waals surface area contributed by atoms with Gasteiger partial charge in [0.25, 0.3) is 0 Å². The molecule has 0 saturated heterocycles. The summed E-state index contributed by atoms with van der Waals surface area (Å²) in [5.74, 6) is 3.35. The van der Waals surface area contributed by atoms with Crippen LogP contribution in [-0.2, 0) is 10.1 Å². The summed E-state index contributed by atoms with van der Waals surface area (Å²) in [5.41, 5.74) is -2.93. The zero-order valence-corrected chi connectivity index (χ0v) is 15.6. The second-order valence-corrected chi connectivity index (χ2v) is 14.5. The average Bonchev–Trinajstić information content (AvgIpc) is 2.23. The molecule has 0 aliphatic heterocycles. The number of hydrogen-bond acceptors (Lipinski definition) is 0. The van der Waals surface area contributed by atoms with Gasteiger partial charge in [-0.05, 0) is 36.2 Å². The van der Waals surface area contributed by atoms with Gasteiger partial charge in [0.2, 0.25) is 0 Å². The maximum Gasteiger partial charge on any atom is 0.198 e. The van der Waals surface area contributed by atoms with Crippen molar-refractivity contribution in [3.63, 3.8) is 0 Å². The van der Waals surface area contributed by atoms with Gasteiger partial charge in [0.1, 0.15) is 0 Å². The Kier molecular flexibility index (Phi) is 11.3. The first-order valence-electron chi connectivity index (χ1n) is 7.49. The van der Waals surface area contributed by atoms with Crippen LogP contribution in [-0.4, -0.2) is 21.3 Å². The van der Waals surface area contributed by atoms with Gasteiger partial charge in [-0.3, -0.25) is 0 Å². The molecule has 0 aliphatic rings. The molecule has 0 radical (unpaired) electrons. The van der Waals surface area contributed by atoms with E-state index in [9.17, 15) is 9.79 Å². The lowest BCUT2D eigenvalue weighted by molar-refractivity contribution is 0.501. The minimum atomic E-state index is -2.93. The van der Waals surface area contributed by atoms with Crippen molar-refractivity contribution >= 4 is 28.0 Å². The molecule has 0 bridgehead atoms. The summed E-state index contributed by atoms with van der Waals surface area (Å²) in [7, 11) is -0.286. The van der Waals surface area contributed by atoms with E-state index in [0.717, 1.165) is 30.3 Å². The fraction of sp³-hybridized carbons (Fsp3) is 1.00. The van der Waals surface area contributed by atoms with E-state index >= 15 is 0 Å². The molecule has 2 nitrogen and oxygen atoms in total. The molecule has 0 aromatic carbocycles. The van der Waals surface area contributed by atoms with Gasteiger partial charge in [0.15, 0.2) is 5.69 Å². The van der Waals surface area contributed by atoms with Crippen LogP contribution in [0, 0.1) is 11.8 Å². The van der Waals surface area contributed by atoms with E-state index in [4.69, 9.17) is 0 Å². The number of hydrogen-bond donors (Lipinski definition) is 3. The van der Waals surface area contributed by atoms with Crippen molar-refractivity contribution in [2.75, 3.05) is 11.5 Å². The third kappa shape index (κ3) is 12.5. The van der Waals surface area contributed by atoms with Crippen molar-refractivity contribution in [2.45, 2.75) is 66.2 Å². The van der Waals surface area contributed by atoms with Crippen LogP contribution in [0.15, 0.2) is 0 Å². The first-order chi connectivity index (χ1) is 8.73. The first kappa shape index (κ1) is 20.1. The fourth-order valence-electron chi connectivity index (χ4n) is 2.00. The fourth-order valence-corrected chi connectivity index (χ4v) is 7.45. The Morgan fingerprint density at radius 1 is 0.842 bits per heavy atom. The van der Waals surface area contributed by atoms with Crippen LogP contribution < -0.4 is 0 Å². The van der Waals surface area contributed by atoms with Gasteiger partial charge in [-0.2, -0.15) is 0 Å². The van der Waals surface area contributed by atoms with E-state index in [2.05, 4.69) is 39.9 Å². The summed E-state index contributed by atoms with van der Waals surface area (Å²) >= 11 is 4.07. The molecule has 2 N–H and O–H groups in total. The molecule has 0 rings (SSSR count). The zero-order chi connectivity index (χ0) is 14.9. The molecular formula is C14H33O2PS2. The second kappa shape index (κ2) is 10.7. The normalized spacial score (nSPS) is 14.4. The summed E-state index contributed by atoms with van der Waals surface area (Å²) in [6.45, 7) is 8.93. The zero-order valence-electron chi connectivity index (χ0n) is 13.0. The highest BCUT2D eigenvalue weighted by Crippen LogP contribution is 2.47. The molecular weight excluding hydrogens is 295 g/mol. The lowest BCUT2D eigenvalue weighted by atomic mass is 10.1. The number of rotatable bonds is 10. The van der Waals surface area contributed by atoms with Crippen LogP contribution in [0.2, 0.25) is 0 Å². The summed E-state index contributed by atoms with van der Waals surface area (Å²) in [5, 5.41) is 0. The molecule has 0 aromatic heterocycles. The molecule has 1 unspecified atom stereocenters. The SMILES string of the molecule is CC(C)CCCCCS(CCCC(C)C)=P(O)(O)S. The Morgan fingerprint density at radius 2 is 1.32 bits per heavy atom. The molecule has 0 fully saturated rings. The molecule has 0 spiro atoms. The Hall–Kier alpha value is 1.05. The summed E-state index contributed by atoms with van der Waals surface area (Å²) in [6.07, 6.45) is 7.12. The van der Waals surface area contributed by atoms with Crippen molar-refractivity contribution in [2.24, 2.45) is 11.8 Å². The smallest absolute Gasteiger partial charge is 0.198 e. The van der Waals surface area contributed by atoms with Gasteiger partial charge >= 0.3 is 0 Å². The van der Waals surface area contributed by atoms with Crippen molar-refractivity contribution in [3.05, 3.63) is 0 Å². The quantitative estimate of drug-likeness (QED) is 0.305. The monoisotopic (exact) mass is 328 g/mol. The van der Waals surface area contributed by atoms with E-state index in [1.807, 2.05) is 0 Å². The highest BCUT2D eigenvalue weighted by Gasteiger charge is 2.11. The standard InChI is InChI=1S/C14H33O2PS2/c1-13(2)9-6-5-7-11-19(17(15,16)18)12-8-10-14(3)4/h13-16,18H,5-12H2,1-4H3. The van der Waals surface area contributed by atoms with Crippen molar-refractivity contribution in [1.29, 1.82) is 0 Å². The molecule has 0 aliphatic carbocycles.